The smallest absolute Gasteiger partial charge is 0.0348 e. The topological polar surface area (TPSA) is 0 Å². The van der Waals surface area contributed by atoms with Crippen LogP contribution in [0.15, 0.2) is 24.3 Å². The minimum atomic E-state index is 0.853. The van der Waals surface area contributed by atoms with Gasteiger partial charge in [-0.25, -0.2) is 0 Å². The summed E-state index contributed by atoms with van der Waals surface area (Å²) < 4.78 is 1.45. The standard InChI is InChI=1S/C19H28S.C2H6/c1-14(2)6-5-7-15(3)8-9-17-10-11-18-12-16(4)20-19(18)13-17;1-2/h10-15H,5-9H2,1-4H3;1-2H3. The number of thiophene rings is 1. The first kappa shape index (κ1) is 19.2. The molecule has 0 bridgehead atoms. The van der Waals surface area contributed by atoms with E-state index in [2.05, 4.69) is 52.0 Å². The molecule has 0 saturated heterocycles. The Labute approximate surface area is 142 Å². The fourth-order valence-corrected chi connectivity index (χ4v) is 3.78. The molecule has 0 amide bonds. The van der Waals surface area contributed by atoms with E-state index in [4.69, 9.17) is 0 Å². The van der Waals surface area contributed by atoms with Crippen molar-refractivity contribution in [3.63, 3.8) is 0 Å². The first-order valence-electron chi connectivity index (χ1n) is 9.03. The van der Waals surface area contributed by atoms with Crippen LogP contribution in [0.3, 0.4) is 0 Å². The van der Waals surface area contributed by atoms with Crippen LogP contribution >= 0.6 is 11.3 Å². The number of benzene rings is 1. The van der Waals surface area contributed by atoms with Gasteiger partial charge in [-0.2, -0.15) is 0 Å². The molecule has 0 saturated carbocycles. The predicted molar refractivity (Wildman–Crippen MR) is 104 cm³/mol. The lowest BCUT2D eigenvalue weighted by Crippen LogP contribution is -1.99. The summed E-state index contributed by atoms with van der Waals surface area (Å²) in [5.41, 5.74) is 1.51. The van der Waals surface area contributed by atoms with Crippen LogP contribution in [0.1, 0.15) is 70.7 Å². The van der Waals surface area contributed by atoms with Crippen molar-refractivity contribution >= 4 is 21.4 Å². The minimum Gasteiger partial charge on any atom is -0.141 e. The van der Waals surface area contributed by atoms with Crippen LogP contribution in [0.25, 0.3) is 10.1 Å². The second-order valence-corrected chi connectivity index (χ2v) is 7.99. The van der Waals surface area contributed by atoms with E-state index in [1.54, 1.807) is 0 Å². The highest BCUT2D eigenvalue weighted by Gasteiger charge is 2.05. The largest absolute Gasteiger partial charge is 0.141 e. The van der Waals surface area contributed by atoms with Gasteiger partial charge in [0.05, 0.1) is 0 Å². The number of rotatable bonds is 7. The molecule has 1 aromatic heterocycles. The zero-order valence-electron chi connectivity index (χ0n) is 15.4. The second kappa shape index (κ2) is 10.0. The van der Waals surface area contributed by atoms with Gasteiger partial charge in [0, 0.05) is 9.58 Å². The summed E-state index contributed by atoms with van der Waals surface area (Å²) in [6, 6.07) is 9.29. The van der Waals surface area contributed by atoms with E-state index in [9.17, 15) is 0 Å². The van der Waals surface area contributed by atoms with Crippen molar-refractivity contribution in [1.29, 1.82) is 0 Å². The van der Waals surface area contributed by atoms with Crippen LogP contribution < -0.4 is 0 Å². The van der Waals surface area contributed by atoms with Crippen LogP contribution in [0.5, 0.6) is 0 Å². The minimum absolute atomic E-state index is 0.853. The molecule has 2 aromatic rings. The molecule has 1 atom stereocenters. The monoisotopic (exact) mass is 318 g/mol. The van der Waals surface area contributed by atoms with E-state index in [0.717, 1.165) is 11.8 Å². The molecule has 124 valence electrons. The van der Waals surface area contributed by atoms with Gasteiger partial charge >= 0.3 is 0 Å². The number of aryl methyl sites for hydroxylation is 2. The Morgan fingerprint density at radius 3 is 2.36 bits per heavy atom. The zero-order chi connectivity index (χ0) is 16.5. The lowest BCUT2D eigenvalue weighted by Gasteiger charge is -2.12. The normalized spacial score (nSPS) is 12.3. The van der Waals surface area contributed by atoms with E-state index in [1.165, 1.54) is 52.6 Å². The van der Waals surface area contributed by atoms with Gasteiger partial charge in [-0.15, -0.1) is 11.3 Å². The molecule has 1 unspecified atom stereocenters. The summed E-state index contributed by atoms with van der Waals surface area (Å²) in [5.74, 6) is 1.71. The first-order valence-corrected chi connectivity index (χ1v) is 9.85. The maximum absolute atomic E-state index is 2.41. The van der Waals surface area contributed by atoms with Crippen molar-refractivity contribution < 1.29 is 0 Å². The Morgan fingerprint density at radius 1 is 0.955 bits per heavy atom. The lowest BCUT2D eigenvalue weighted by molar-refractivity contribution is 0.437. The fourth-order valence-electron chi connectivity index (χ4n) is 2.80. The van der Waals surface area contributed by atoms with E-state index in [-0.39, 0.29) is 0 Å². The highest BCUT2D eigenvalue weighted by molar-refractivity contribution is 7.19. The number of hydrogen-bond donors (Lipinski definition) is 0. The Balaban J connectivity index is 0.00000116. The summed E-state index contributed by atoms with van der Waals surface area (Å²) in [6.07, 6.45) is 6.72. The molecule has 2 rings (SSSR count). The van der Waals surface area contributed by atoms with Crippen molar-refractivity contribution in [3.05, 3.63) is 34.7 Å². The quantitative estimate of drug-likeness (QED) is 0.492. The van der Waals surface area contributed by atoms with E-state index >= 15 is 0 Å². The molecule has 1 aromatic carbocycles. The Bertz CT molecular complexity index is 536. The van der Waals surface area contributed by atoms with Crippen molar-refractivity contribution in [1.82, 2.24) is 0 Å². The van der Waals surface area contributed by atoms with Gasteiger partial charge < -0.3 is 0 Å². The molecule has 0 aliphatic heterocycles. The molecular formula is C21H34S. The molecule has 0 fully saturated rings. The SMILES string of the molecule is CC.Cc1cc2ccc(CCC(C)CCCC(C)C)cc2s1. The molecule has 0 radical (unpaired) electrons. The molecule has 22 heavy (non-hydrogen) atoms. The Kier molecular flexibility index (Phi) is 8.78. The molecule has 0 spiro atoms. The third-order valence-corrected chi connectivity index (χ3v) is 5.13. The molecule has 1 heteroatoms. The average molecular weight is 319 g/mol. The van der Waals surface area contributed by atoms with Crippen molar-refractivity contribution in [2.24, 2.45) is 11.8 Å². The molecule has 0 aliphatic rings. The third kappa shape index (κ3) is 6.52. The fraction of sp³-hybridized carbons (Fsp3) is 0.619. The van der Waals surface area contributed by atoms with Gasteiger partial charge in [0.2, 0.25) is 0 Å². The Hall–Kier alpha value is -0.820. The summed E-state index contributed by atoms with van der Waals surface area (Å²) in [7, 11) is 0. The molecular weight excluding hydrogens is 284 g/mol. The summed E-state index contributed by atoms with van der Waals surface area (Å²) in [5, 5.41) is 1.40. The van der Waals surface area contributed by atoms with Gasteiger partial charge in [-0.05, 0) is 54.7 Å². The first-order chi connectivity index (χ1) is 10.5. The molecule has 0 N–H and O–H groups in total. The van der Waals surface area contributed by atoms with Gasteiger partial charge in [-0.3, -0.25) is 0 Å². The maximum atomic E-state index is 2.41. The molecule has 1 heterocycles. The van der Waals surface area contributed by atoms with E-state index in [0.29, 0.717) is 0 Å². The van der Waals surface area contributed by atoms with Crippen LogP contribution in [0, 0.1) is 18.8 Å². The van der Waals surface area contributed by atoms with Crippen LogP contribution in [0.2, 0.25) is 0 Å². The lowest BCUT2D eigenvalue weighted by atomic mass is 9.94. The van der Waals surface area contributed by atoms with Crippen molar-refractivity contribution in [2.45, 2.75) is 73.6 Å². The third-order valence-electron chi connectivity index (χ3n) is 4.11. The van der Waals surface area contributed by atoms with Gasteiger partial charge in [0.15, 0.2) is 0 Å². The van der Waals surface area contributed by atoms with Gasteiger partial charge in [-0.1, -0.05) is 66.0 Å². The van der Waals surface area contributed by atoms with Crippen LogP contribution in [0.4, 0.5) is 0 Å². The van der Waals surface area contributed by atoms with Crippen molar-refractivity contribution in [3.8, 4) is 0 Å². The Morgan fingerprint density at radius 2 is 1.68 bits per heavy atom. The van der Waals surface area contributed by atoms with E-state index in [1.807, 2.05) is 25.2 Å². The maximum Gasteiger partial charge on any atom is 0.0348 e. The molecule has 0 aliphatic carbocycles. The summed E-state index contributed by atoms with van der Waals surface area (Å²) in [4.78, 5) is 1.42. The number of fused-ring (bicyclic) bond motifs is 1. The van der Waals surface area contributed by atoms with Crippen LogP contribution in [-0.2, 0) is 6.42 Å². The highest BCUT2D eigenvalue weighted by atomic mass is 32.1. The highest BCUT2D eigenvalue weighted by Crippen LogP contribution is 2.27. The summed E-state index contributed by atoms with van der Waals surface area (Å²) in [6.45, 7) is 13.3. The van der Waals surface area contributed by atoms with Crippen LogP contribution in [-0.4, -0.2) is 0 Å². The van der Waals surface area contributed by atoms with Gasteiger partial charge in [0.25, 0.3) is 0 Å². The number of hydrogen-bond acceptors (Lipinski definition) is 1. The average Bonchev–Trinajstić information content (AvgIpc) is 2.86. The molecule has 0 nitrogen and oxygen atoms in total. The van der Waals surface area contributed by atoms with Crippen molar-refractivity contribution in [2.75, 3.05) is 0 Å². The predicted octanol–water partition coefficient (Wildman–Crippen LogP) is 7.63. The summed E-state index contributed by atoms with van der Waals surface area (Å²) >= 11 is 1.92. The second-order valence-electron chi connectivity index (χ2n) is 6.70. The zero-order valence-corrected chi connectivity index (χ0v) is 16.2. The van der Waals surface area contributed by atoms with E-state index < -0.39 is 0 Å². The van der Waals surface area contributed by atoms with Gasteiger partial charge in [0.1, 0.15) is 0 Å².